The minimum Gasteiger partial charge on any atom is -0.475 e. The van der Waals surface area contributed by atoms with Crippen molar-refractivity contribution in [2.24, 2.45) is 5.92 Å². The predicted octanol–water partition coefficient (Wildman–Crippen LogP) is 2.95. The molecule has 134 valence electrons. The lowest BCUT2D eigenvalue weighted by atomic mass is 9.98. The van der Waals surface area contributed by atoms with Crippen LogP contribution in [-0.4, -0.2) is 43.4 Å². The molecular weight excluding hydrogens is 308 g/mol. The van der Waals surface area contributed by atoms with Crippen LogP contribution in [0.2, 0.25) is 0 Å². The quantitative estimate of drug-likeness (QED) is 0.665. The Hall–Kier alpha value is -1.66. The molecule has 0 bridgehead atoms. The molecule has 1 N–H and O–H groups in total. The van der Waals surface area contributed by atoms with Gasteiger partial charge in [-0.05, 0) is 45.1 Å². The fourth-order valence-corrected chi connectivity index (χ4v) is 2.58. The third-order valence-corrected chi connectivity index (χ3v) is 4.23. The molecule has 0 radical (unpaired) electrons. The molecular formula is C18H28N2O4. The molecule has 0 aromatic carbocycles. The van der Waals surface area contributed by atoms with E-state index in [0.717, 1.165) is 24.8 Å². The van der Waals surface area contributed by atoms with Crippen molar-refractivity contribution in [1.82, 2.24) is 4.98 Å². The minimum atomic E-state index is -0.766. The maximum Gasteiger partial charge on any atom is 0.256 e. The summed E-state index contributed by atoms with van der Waals surface area (Å²) < 4.78 is 16.4. The summed E-state index contributed by atoms with van der Waals surface area (Å²) in [5.74, 6) is 0.750. The first-order valence-corrected chi connectivity index (χ1v) is 8.55. The number of methoxy groups -OCH3 is 1. The summed E-state index contributed by atoms with van der Waals surface area (Å²) in [4.78, 5) is 17.0. The zero-order valence-corrected chi connectivity index (χ0v) is 15.1. The Kier molecular flexibility index (Phi) is 6.57. The predicted molar refractivity (Wildman–Crippen MR) is 92.3 cm³/mol. The number of rotatable bonds is 10. The number of aryl methyl sites for hydroxylation is 1. The van der Waals surface area contributed by atoms with Gasteiger partial charge >= 0.3 is 0 Å². The van der Waals surface area contributed by atoms with Gasteiger partial charge in [0.2, 0.25) is 5.88 Å². The lowest BCUT2D eigenvalue weighted by molar-refractivity contribution is -0.142. The second-order valence-electron chi connectivity index (χ2n) is 6.37. The Morgan fingerprint density at radius 1 is 1.38 bits per heavy atom. The minimum absolute atomic E-state index is 0.104. The van der Waals surface area contributed by atoms with Crippen molar-refractivity contribution >= 4 is 11.6 Å². The Bertz CT molecular complexity index is 560. The Morgan fingerprint density at radius 3 is 2.71 bits per heavy atom. The molecule has 1 heterocycles. The summed E-state index contributed by atoms with van der Waals surface area (Å²) in [6, 6.07) is 1.86. The summed E-state index contributed by atoms with van der Waals surface area (Å²) >= 11 is 0. The Balaban J connectivity index is 2.01. The molecule has 1 aliphatic carbocycles. The van der Waals surface area contributed by atoms with Gasteiger partial charge in [-0.1, -0.05) is 6.92 Å². The summed E-state index contributed by atoms with van der Waals surface area (Å²) in [5.41, 5.74) is 0.757. The first-order chi connectivity index (χ1) is 11.5. The van der Waals surface area contributed by atoms with Crippen molar-refractivity contribution < 1.29 is 19.0 Å². The molecule has 6 nitrogen and oxygen atoms in total. The van der Waals surface area contributed by atoms with E-state index in [1.54, 1.807) is 13.3 Å². The van der Waals surface area contributed by atoms with Gasteiger partial charge in [0.1, 0.15) is 12.2 Å². The molecule has 1 amide bonds. The molecule has 24 heavy (non-hydrogen) atoms. The van der Waals surface area contributed by atoms with Crippen molar-refractivity contribution in [1.29, 1.82) is 0 Å². The first kappa shape index (κ1) is 18.7. The van der Waals surface area contributed by atoms with Crippen molar-refractivity contribution in [3.05, 3.63) is 17.8 Å². The maximum atomic E-state index is 12.7. The van der Waals surface area contributed by atoms with Gasteiger partial charge in [0.15, 0.2) is 0 Å². The van der Waals surface area contributed by atoms with Gasteiger partial charge in [-0.15, -0.1) is 0 Å². The molecule has 0 aliphatic heterocycles. The molecule has 1 aromatic heterocycles. The van der Waals surface area contributed by atoms with Crippen molar-refractivity contribution in [2.45, 2.75) is 45.6 Å². The second-order valence-corrected chi connectivity index (χ2v) is 6.37. The van der Waals surface area contributed by atoms with Crippen molar-refractivity contribution in [2.75, 3.05) is 32.2 Å². The van der Waals surface area contributed by atoms with E-state index in [-0.39, 0.29) is 5.91 Å². The van der Waals surface area contributed by atoms with E-state index in [2.05, 4.69) is 10.3 Å². The summed E-state index contributed by atoms with van der Waals surface area (Å²) in [6.45, 7) is 7.37. The average molecular weight is 336 g/mol. The standard InChI is InChI=1S/C18H28N2O4/c1-5-8-24-18(3,14-6-7-14)17(21)20-15-11-13(2)16(19-12-15)23-10-9-22-4/h11-12,14H,5-10H2,1-4H3,(H,20,21)/t18-/m1/s1. The normalized spacial score (nSPS) is 16.5. The molecule has 1 saturated carbocycles. The molecule has 1 aliphatic rings. The molecule has 1 atom stereocenters. The van der Waals surface area contributed by atoms with E-state index in [0.29, 0.717) is 37.3 Å². The Morgan fingerprint density at radius 2 is 2.12 bits per heavy atom. The molecule has 1 fully saturated rings. The number of anilines is 1. The van der Waals surface area contributed by atoms with Crippen molar-refractivity contribution in [3.8, 4) is 5.88 Å². The highest BCUT2D eigenvalue weighted by molar-refractivity contribution is 5.97. The highest BCUT2D eigenvalue weighted by Gasteiger charge is 2.48. The van der Waals surface area contributed by atoms with Gasteiger partial charge in [-0.3, -0.25) is 4.79 Å². The fraction of sp³-hybridized carbons (Fsp3) is 0.667. The molecule has 0 unspecified atom stereocenters. The number of pyridine rings is 1. The van der Waals surface area contributed by atoms with Gasteiger partial charge in [-0.25, -0.2) is 4.98 Å². The summed E-state index contributed by atoms with van der Waals surface area (Å²) in [5, 5.41) is 2.94. The number of hydrogen-bond acceptors (Lipinski definition) is 5. The third-order valence-electron chi connectivity index (χ3n) is 4.23. The van der Waals surface area contributed by atoms with E-state index in [9.17, 15) is 4.79 Å². The van der Waals surface area contributed by atoms with Crippen LogP contribution >= 0.6 is 0 Å². The first-order valence-electron chi connectivity index (χ1n) is 8.55. The highest BCUT2D eigenvalue weighted by Crippen LogP contribution is 2.42. The highest BCUT2D eigenvalue weighted by atomic mass is 16.5. The monoisotopic (exact) mass is 336 g/mol. The van der Waals surface area contributed by atoms with Crippen LogP contribution in [0.5, 0.6) is 5.88 Å². The van der Waals surface area contributed by atoms with E-state index in [1.807, 2.05) is 26.8 Å². The number of nitrogens with one attached hydrogen (secondary N) is 1. The van der Waals surface area contributed by atoms with Gasteiger partial charge in [-0.2, -0.15) is 0 Å². The zero-order valence-electron chi connectivity index (χ0n) is 15.1. The maximum absolute atomic E-state index is 12.7. The number of amides is 1. The van der Waals surface area contributed by atoms with Crippen molar-refractivity contribution in [3.63, 3.8) is 0 Å². The zero-order chi connectivity index (χ0) is 17.6. The van der Waals surface area contributed by atoms with Crippen LogP contribution < -0.4 is 10.1 Å². The van der Waals surface area contributed by atoms with Crippen LogP contribution in [-0.2, 0) is 14.3 Å². The van der Waals surface area contributed by atoms with Gasteiger partial charge < -0.3 is 19.5 Å². The molecule has 0 spiro atoms. The number of ether oxygens (including phenoxy) is 3. The largest absolute Gasteiger partial charge is 0.475 e. The van der Waals surface area contributed by atoms with Crippen LogP contribution in [0.25, 0.3) is 0 Å². The number of aromatic nitrogens is 1. The van der Waals surface area contributed by atoms with Crippen LogP contribution in [0.3, 0.4) is 0 Å². The Labute approximate surface area is 143 Å². The second kappa shape index (κ2) is 8.44. The van der Waals surface area contributed by atoms with Crippen LogP contribution in [0.15, 0.2) is 12.3 Å². The molecule has 1 aromatic rings. The number of hydrogen-bond donors (Lipinski definition) is 1. The van der Waals surface area contributed by atoms with E-state index in [1.165, 1.54) is 0 Å². The molecule has 0 saturated heterocycles. The smallest absolute Gasteiger partial charge is 0.256 e. The number of carbonyl (C=O) groups is 1. The van der Waals surface area contributed by atoms with Gasteiger partial charge in [0.05, 0.1) is 18.5 Å². The van der Waals surface area contributed by atoms with Crippen LogP contribution in [0, 0.1) is 12.8 Å². The molecule has 2 rings (SSSR count). The van der Waals surface area contributed by atoms with Crippen LogP contribution in [0.1, 0.15) is 38.7 Å². The lowest BCUT2D eigenvalue weighted by Crippen LogP contribution is -2.45. The number of nitrogens with zero attached hydrogens (tertiary/aromatic N) is 1. The van der Waals surface area contributed by atoms with Gasteiger partial charge in [0, 0.05) is 19.3 Å². The lowest BCUT2D eigenvalue weighted by Gasteiger charge is -2.28. The fourth-order valence-electron chi connectivity index (χ4n) is 2.58. The molecule has 6 heteroatoms. The number of carbonyl (C=O) groups excluding carboxylic acids is 1. The van der Waals surface area contributed by atoms with E-state index in [4.69, 9.17) is 14.2 Å². The van der Waals surface area contributed by atoms with E-state index >= 15 is 0 Å². The summed E-state index contributed by atoms with van der Waals surface area (Å²) in [7, 11) is 1.62. The van der Waals surface area contributed by atoms with Crippen LogP contribution in [0.4, 0.5) is 5.69 Å². The van der Waals surface area contributed by atoms with E-state index < -0.39 is 5.60 Å². The topological polar surface area (TPSA) is 69.7 Å². The average Bonchev–Trinajstić information content (AvgIpc) is 3.40. The summed E-state index contributed by atoms with van der Waals surface area (Å²) in [6.07, 6.45) is 4.58. The SMILES string of the molecule is CCCO[C@@](C)(C(=O)Nc1cnc(OCCOC)c(C)c1)C1CC1. The third kappa shape index (κ3) is 4.68. The van der Waals surface area contributed by atoms with Gasteiger partial charge in [0.25, 0.3) is 5.91 Å².